The zero-order valence-corrected chi connectivity index (χ0v) is 17.2. The van der Waals surface area contributed by atoms with Crippen molar-refractivity contribution in [1.82, 2.24) is 10.3 Å². The number of amides is 2. The highest BCUT2D eigenvalue weighted by molar-refractivity contribution is 6.66. The van der Waals surface area contributed by atoms with Crippen LogP contribution in [0.25, 0.3) is 0 Å². The molecule has 0 saturated heterocycles. The smallest absolute Gasteiger partial charge is 0.253 e. The van der Waals surface area contributed by atoms with Gasteiger partial charge in [0.15, 0.2) is 5.82 Å². The Bertz CT molecular complexity index is 980. The maximum Gasteiger partial charge on any atom is 0.253 e. The second-order valence-corrected chi connectivity index (χ2v) is 7.34. The molecule has 1 aromatic carbocycles. The van der Waals surface area contributed by atoms with Crippen LogP contribution in [0.1, 0.15) is 22.3 Å². The summed E-state index contributed by atoms with van der Waals surface area (Å²) in [5.74, 6) is -0.456. The predicted molar refractivity (Wildman–Crippen MR) is 112 cm³/mol. The first kappa shape index (κ1) is 20.4. The minimum atomic E-state index is -0.771. The Morgan fingerprint density at radius 3 is 2.68 bits per heavy atom. The number of hydrogen-bond acceptors (Lipinski definition) is 5. The second kappa shape index (κ2) is 8.34. The topological polar surface area (TPSA) is 86.7 Å². The van der Waals surface area contributed by atoms with E-state index in [4.69, 9.17) is 34.8 Å². The SMILES string of the molecule is CNC(=O)c1cc(Cl)cc(C)c1NC(=O)C1CC(Cl)=NN1c1ncccc1Cl. The van der Waals surface area contributed by atoms with Crippen molar-refractivity contribution in [1.29, 1.82) is 0 Å². The summed E-state index contributed by atoms with van der Waals surface area (Å²) < 4.78 is 0. The molecule has 2 amide bonds. The van der Waals surface area contributed by atoms with Gasteiger partial charge >= 0.3 is 0 Å². The standard InChI is InChI=1S/C18H16Cl3N5O2/c1-9-6-10(19)7-11(17(27)22-2)15(9)24-18(28)13-8-14(21)25-26(13)16-12(20)4-3-5-23-16/h3-7,13H,8H2,1-2H3,(H,22,27)(H,24,28). The molecular formula is C18H16Cl3N5O2. The normalized spacial score (nSPS) is 16.0. The number of carbonyl (C=O) groups is 2. The number of halogens is 3. The quantitative estimate of drug-likeness (QED) is 0.756. The summed E-state index contributed by atoms with van der Waals surface area (Å²) in [7, 11) is 1.50. The van der Waals surface area contributed by atoms with E-state index in [1.165, 1.54) is 18.1 Å². The highest BCUT2D eigenvalue weighted by Crippen LogP contribution is 2.31. The molecule has 0 bridgehead atoms. The Kier molecular flexibility index (Phi) is 6.07. The first-order valence-electron chi connectivity index (χ1n) is 8.27. The molecule has 10 heteroatoms. The Hall–Kier alpha value is -2.35. The van der Waals surface area contributed by atoms with Gasteiger partial charge in [0.2, 0.25) is 5.91 Å². The zero-order valence-electron chi connectivity index (χ0n) is 15.0. The summed E-state index contributed by atoms with van der Waals surface area (Å²) in [5.41, 5.74) is 1.27. The van der Waals surface area contributed by atoms with Crippen molar-refractivity contribution in [3.05, 3.63) is 51.6 Å². The molecule has 1 aromatic heterocycles. The summed E-state index contributed by atoms with van der Waals surface area (Å²) in [6.07, 6.45) is 1.73. The molecule has 28 heavy (non-hydrogen) atoms. The molecule has 2 heterocycles. The second-order valence-electron chi connectivity index (χ2n) is 6.06. The van der Waals surface area contributed by atoms with E-state index in [1.54, 1.807) is 31.3 Å². The molecule has 1 aliphatic rings. The molecule has 0 saturated carbocycles. The molecule has 7 nitrogen and oxygen atoms in total. The van der Waals surface area contributed by atoms with E-state index in [2.05, 4.69) is 20.7 Å². The summed E-state index contributed by atoms with van der Waals surface area (Å²) in [6.45, 7) is 1.75. The van der Waals surface area contributed by atoms with E-state index in [-0.39, 0.29) is 23.1 Å². The number of aryl methyl sites for hydroxylation is 1. The van der Waals surface area contributed by atoms with Crippen LogP contribution in [0, 0.1) is 6.92 Å². The van der Waals surface area contributed by atoms with E-state index in [1.807, 2.05) is 0 Å². The highest BCUT2D eigenvalue weighted by Gasteiger charge is 2.35. The van der Waals surface area contributed by atoms with E-state index in [0.29, 0.717) is 27.1 Å². The van der Waals surface area contributed by atoms with Crippen molar-refractivity contribution < 1.29 is 9.59 Å². The van der Waals surface area contributed by atoms with Gasteiger partial charge in [0, 0.05) is 24.7 Å². The maximum absolute atomic E-state index is 13.0. The lowest BCUT2D eigenvalue weighted by atomic mass is 10.1. The first-order chi connectivity index (χ1) is 13.3. The number of rotatable bonds is 4. The molecule has 0 radical (unpaired) electrons. The summed E-state index contributed by atoms with van der Waals surface area (Å²) in [4.78, 5) is 29.4. The molecule has 0 aliphatic carbocycles. The fourth-order valence-corrected chi connectivity index (χ4v) is 3.56. The number of anilines is 2. The van der Waals surface area contributed by atoms with Crippen molar-refractivity contribution in [2.45, 2.75) is 19.4 Å². The van der Waals surface area contributed by atoms with Gasteiger partial charge < -0.3 is 10.6 Å². The molecule has 3 rings (SSSR count). The van der Waals surface area contributed by atoms with E-state index < -0.39 is 11.9 Å². The number of nitrogens with one attached hydrogen (secondary N) is 2. The van der Waals surface area contributed by atoms with Crippen molar-refractivity contribution >= 4 is 63.3 Å². The van der Waals surface area contributed by atoms with E-state index in [9.17, 15) is 9.59 Å². The Labute approximate surface area is 176 Å². The van der Waals surface area contributed by atoms with Crippen molar-refractivity contribution in [2.24, 2.45) is 5.10 Å². The molecule has 1 aliphatic heterocycles. The van der Waals surface area contributed by atoms with Crippen LogP contribution in [-0.4, -0.2) is 35.1 Å². The lowest BCUT2D eigenvalue weighted by Gasteiger charge is -2.23. The minimum Gasteiger partial charge on any atom is -0.355 e. The van der Waals surface area contributed by atoms with Crippen LogP contribution in [0.2, 0.25) is 10.0 Å². The number of pyridine rings is 1. The van der Waals surface area contributed by atoms with Crippen LogP contribution in [-0.2, 0) is 4.79 Å². The Morgan fingerprint density at radius 2 is 2.00 bits per heavy atom. The summed E-state index contributed by atoms with van der Waals surface area (Å²) in [5, 5.41) is 11.9. The summed E-state index contributed by atoms with van der Waals surface area (Å²) in [6, 6.07) is 5.71. The van der Waals surface area contributed by atoms with Gasteiger partial charge in [-0.15, -0.1) is 0 Å². The van der Waals surface area contributed by atoms with Crippen molar-refractivity contribution in [2.75, 3.05) is 17.4 Å². The Morgan fingerprint density at radius 1 is 1.25 bits per heavy atom. The van der Waals surface area contributed by atoms with Crippen LogP contribution >= 0.6 is 34.8 Å². The molecular weight excluding hydrogens is 425 g/mol. The monoisotopic (exact) mass is 439 g/mol. The van der Waals surface area contributed by atoms with Gasteiger partial charge in [-0.25, -0.2) is 9.99 Å². The number of nitrogens with zero attached hydrogens (tertiary/aromatic N) is 3. The van der Waals surface area contributed by atoms with Crippen LogP contribution in [0.15, 0.2) is 35.6 Å². The van der Waals surface area contributed by atoms with Crippen molar-refractivity contribution in [3.8, 4) is 0 Å². The third-order valence-corrected chi connectivity index (χ3v) is 4.90. The molecule has 1 unspecified atom stereocenters. The van der Waals surface area contributed by atoms with Gasteiger partial charge in [0.1, 0.15) is 11.2 Å². The molecule has 2 N–H and O–H groups in total. The van der Waals surface area contributed by atoms with Crippen LogP contribution in [0.4, 0.5) is 11.5 Å². The van der Waals surface area contributed by atoms with E-state index in [0.717, 1.165) is 0 Å². The molecule has 146 valence electrons. The van der Waals surface area contributed by atoms with Gasteiger partial charge in [-0.3, -0.25) is 9.59 Å². The average molecular weight is 441 g/mol. The fraction of sp³-hybridized carbons (Fsp3) is 0.222. The molecule has 0 fully saturated rings. The number of aromatic nitrogens is 1. The molecule has 0 spiro atoms. The minimum absolute atomic E-state index is 0.183. The van der Waals surface area contributed by atoms with Gasteiger partial charge in [0.25, 0.3) is 5.91 Å². The largest absolute Gasteiger partial charge is 0.355 e. The molecule has 1 atom stereocenters. The van der Waals surface area contributed by atoms with E-state index >= 15 is 0 Å². The molecule has 2 aromatic rings. The number of hydrogen-bond donors (Lipinski definition) is 2. The first-order valence-corrected chi connectivity index (χ1v) is 9.41. The Balaban J connectivity index is 1.93. The lowest BCUT2D eigenvalue weighted by Crippen LogP contribution is -2.39. The van der Waals surface area contributed by atoms with Gasteiger partial charge in [-0.2, -0.15) is 5.10 Å². The average Bonchev–Trinajstić information content (AvgIpc) is 3.05. The third kappa shape index (κ3) is 4.06. The van der Waals surface area contributed by atoms with Crippen molar-refractivity contribution in [3.63, 3.8) is 0 Å². The fourth-order valence-electron chi connectivity index (χ4n) is 2.85. The summed E-state index contributed by atoms with van der Waals surface area (Å²) >= 11 is 18.3. The number of benzene rings is 1. The predicted octanol–water partition coefficient (Wildman–Crippen LogP) is 3.83. The van der Waals surface area contributed by atoms with Crippen LogP contribution in [0.3, 0.4) is 0 Å². The van der Waals surface area contributed by atoms with Gasteiger partial charge in [-0.05, 0) is 36.8 Å². The highest BCUT2D eigenvalue weighted by atomic mass is 35.5. The number of hydrazone groups is 1. The van der Waals surface area contributed by atoms with Crippen LogP contribution in [0.5, 0.6) is 0 Å². The third-order valence-electron chi connectivity index (χ3n) is 4.15. The van der Waals surface area contributed by atoms with Gasteiger partial charge in [-0.1, -0.05) is 34.8 Å². The van der Waals surface area contributed by atoms with Gasteiger partial charge in [0.05, 0.1) is 16.3 Å². The van der Waals surface area contributed by atoms with Crippen LogP contribution < -0.4 is 15.6 Å². The maximum atomic E-state index is 13.0. The number of carbonyl (C=O) groups excluding carboxylic acids is 2. The zero-order chi connectivity index (χ0) is 20.4. The lowest BCUT2D eigenvalue weighted by molar-refractivity contribution is -0.117.